The van der Waals surface area contributed by atoms with Gasteiger partial charge >= 0.3 is 5.97 Å². The molecule has 1 aliphatic heterocycles. The molecule has 126 valence electrons. The van der Waals surface area contributed by atoms with E-state index < -0.39 is 5.97 Å². The number of nitrogen functional groups attached to an aromatic ring is 1. The van der Waals surface area contributed by atoms with Gasteiger partial charge in [-0.1, -0.05) is 18.2 Å². The molecule has 0 bridgehead atoms. The highest BCUT2D eigenvalue weighted by Crippen LogP contribution is 2.37. The largest absolute Gasteiger partial charge is 0.465 e. The van der Waals surface area contributed by atoms with Crippen molar-refractivity contribution in [3.05, 3.63) is 87.8 Å². The fourth-order valence-electron chi connectivity index (χ4n) is 3.20. The van der Waals surface area contributed by atoms with Gasteiger partial charge in [-0.05, 0) is 23.8 Å². The van der Waals surface area contributed by atoms with E-state index in [0.29, 0.717) is 28.0 Å². The zero-order valence-electron chi connectivity index (χ0n) is 14.2. The average molecular weight is 342 g/mol. The number of carbonyl (C=O) groups excluding carboxylic acids is 1. The summed E-state index contributed by atoms with van der Waals surface area (Å²) in [6.45, 7) is 5.93. The molecule has 0 atom stereocenters. The Kier molecular flexibility index (Phi) is 3.68. The third-order valence-corrected chi connectivity index (χ3v) is 4.37. The van der Waals surface area contributed by atoms with Gasteiger partial charge < -0.3 is 15.2 Å². The number of ether oxygens (including phenoxy) is 2. The number of hydrogen-bond acceptors (Lipinski definition) is 4. The first-order valence-corrected chi connectivity index (χ1v) is 8.11. The zero-order chi connectivity index (χ0) is 18.3. The van der Waals surface area contributed by atoms with E-state index in [1.54, 1.807) is 18.2 Å². The van der Waals surface area contributed by atoms with E-state index in [1.807, 2.05) is 42.5 Å². The summed E-state index contributed by atoms with van der Waals surface area (Å²) >= 11 is 0. The highest BCUT2D eigenvalue weighted by molar-refractivity contribution is 5.99. The predicted molar refractivity (Wildman–Crippen MR) is 100 cm³/mol. The second-order valence-corrected chi connectivity index (χ2v) is 6.03. The minimum atomic E-state index is -0.395. The molecule has 0 amide bonds. The van der Waals surface area contributed by atoms with Crippen LogP contribution in [0.25, 0.3) is 12.2 Å². The molecule has 0 saturated carbocycles. The van der Waals surface area contributed by atoms with Crippen molar-refractivity contribution in [2.75, 3.05) is 12.8 Å². The van der Waals surface area contributed by atoms with Gasteiger partial charge in [0.25, 0.3) is 0 Å². The van der Waals surface area contributed by atoms with E-state index in [4.69, 9.17) is 21.8 Å². The van der Waals surface area contributed by atoms with Crippen LogP contribution in [0.2, 0.25) is 0 Å². The average Bonchev–Trinajstić information content (AvgIpc) is 2.65. The van der Waals surface area contributed by atoms with Crippen LogP contribution in [-0.2, 0) is 4.74 Å². The predicted octanol–water partition coefficient (Wildman–Crippen LogP) is 2.70. The van der Waals surface area contributed by atoms with Gasteiger partial charge in [0.2, 0.25) is 0 Å². The molecule has 26 heavy (non-hydrogen) atoms. The van der Waals surface area contributed by atoms with Gasteiger partial charge in [-0.2, -0.15) is 0 Å². The lowest BCUT2D eigenvalue weighted by atomic mass is 9.89. The lowest BCUT2D eigenvalue weighted by Crippen LogP contribution is -2.21. The van der Waals surface area contributed by atoms with Crippen molar-refractivity contribution in [1.82, 2.24) is 0 Å². The summed E-state index contributed by atoms with van der Waals surface area (Å²) in [5, 5.41) is 1.45. The van der Waals surface area contributed by atoms with Crippen LogP contribution in [0.5, 0.6) is 11.5 Å². The van der Waals surface area contributed by atoms with Crippen molar-refractivity contribution in [2.24, 2.45) is 0 Å². The smallest absolute Gasteiger partial charge is 0.338 e. The second-order valence-electron chi connectivity index (χ2n) is 6.03. The van der Waals surface area contributed by atoms with E-state index in [-0.39, 0.29) is 0 Å². The van der Waals surface area contributed by atoms with Gasteiger partial charge in [0.1, 0.15) is 5.75 Å². The van der Waals surface area contributed by atoms with E-state index in [9.17, 15) is 4.79 Å². The highest BCUT2D eigenvalue weighted by atomic mass is 16.5. The molecule has 0 spiro atoms. The second kappa shape index (κ2) is 6.03. The summed E-state index contributed by atoms with van der Waals surface area (Å²) in [7, 11) is 1.37. The molecule has 1 aliphatic rings. The third-order valence-electron chi connectivity index (χ3n) is 4.37. The molecule has 0 radical (unpaired) electrons. The van der Waals surface area contributed by atoms with Crippen LogP contribution in [0.15, 0.2) is 60.7 Å². The number of anilines is 1. The zero-order valence-corrected chi connectivity index (χ0v) is 14.2. The Balaban J connectivity index is 2.13. The molecule has 4 nitrogen and oxygen atoms in total. The van der Waals surface area contributed by atoms with Crippen LogP contribution in [0.4, 0.5) is 5.69 Å². The van der Waals surface area contributed by atoms with E-state index in [0.717, 1.165) is 21.9 Å². The van der Waals surface area contributed by atoms with Gasteiger partial charge in [-0.25, -0.2) is 4.79 Å². The first-order valence-electron chi connectivity index (χ1n) is 8.11. The summed E-state index contributed by atoms with van der Waals surface area (Å²) in [4.78, 5) is 12.3. The molecule has 4 heteroatoms. The van der Waals surface area contributed by atoms with Crippen molar-refractivity contribution in [3.63, 3.8) is 0 Å². The molecule has 0 aromatic heterocycles. The Labute approximate surface area is 150 Å². The molecule has 4 rings (SSSR count). The summed E-state index contributed by atoms with van der Waals surface area (Å²) < 4.78 is 11.0. The van der Waals surface area contributed by atoms with Gasteiger partial charge in [0, 0.05) is 35.5 Å². The summed E-state index contributed by atoms with van der Waals surface area (Å²) in [5.74, 6) is 0.851. The van der Waals surface area contributed by atoms with Gasteiger partial charge in [0.15, 0.2) is 11.0 Å². The van der Waals surface area contributed by atoms with Crippen LogP contribution >= 0.6 is 0 Å². The molecule has 0 aliphatic carbocycles. The number of methoxy groups -OCH3 is 1. The monoisotopic (exact) mass is 342 g/mol. The summed E-state index contributed by atoms with van der Waals surface area (Å²) in [6, 6.07) is 18.3. The van der Waals surface area contributed by atoms with Crippen molar-refractivity contribution in [2.45, 2.75) is 0 Å². The van der Waals surface area contributed by atoms with E-state index in [1.165, 1.54) is 7.11 Å². The number of esters is 1. The van der Waals surface area contributed by atoms with E-state index >= 15 is 0 Å². The minimum absolute atomic E-state index is 0.395. The Morgan fingerprint density at radius 2 is 1.81 bits per heavy atom. The third kappa shape index (κ3) is 2.50. The number of hydrogen-bond donors (Lipinski definition) is 1. The van der Waals surface area contributed by atoms with Crippen LogP contribution in [0.3, 0.4) is 0 Å². The van der Waals surface area contributed by atoms with Gasteiger partial charge in [0.05, 0.1) is 30.0 Å². The first kappa shape index (κ1) is 15.9. The quantitative estimate of drug-likeness (QED) is 0.346. The Morgan fingerprint density at radius 1 is 1.00 bits per heavy atom. The Hall–Kier alpha value is -3.62. The van der Waals surface area contributed by atoms with Crippen molar-refractivity contribution in [1.29, 1.82) is 0 Å². The Bertz CT molecular complexity index is 1150. The number of fused-ring (bicyclic) bond motifs is 2. The molecular formula is C22H16NO3+. The normalized spacial score (nSPS) is 11.9. The van der Waals surface area contributed by atoms with Crippen molar-refractivity contribution in [3.8, 4) is 11.5 Å². The Morgan fingerprint density at radius 3 is 2.62 bits per heavy atom. The van der Waals surface area contributed by atoms with Crippen LogP contribution in [0, 0.1) is 0 Å². The molecule has 2 N–H and O–H groups in total. The summed E-state index contributed by atoms with van der Waals surface area (Å²) in [5.41, 5.74) is 9.50. The molecule has 3 aromatic rings. The van der Waals surface area contributed by atoms with Crippen LogP contribution in [0.1, 0.15) is 21.5 Å². The maximum absolute atomic E-state index is 12.3. The maximum atomic E-state index is 12.3. The number of carbonyl (C=O) groups is 1. The van der Waals surface area contributed by atoms with Crippen LogP contribution in [-0.4, -0.2) is 13.1 Å². The molecule has 0 saturated heterocycles. The number of rotatable bonds is 2. The standard InChI is InChI=1S/C22H16NO3/c1-13-7-9-17-19(11-13)26-20-12-14(23)8-10-18(20)21(17)15-5-3-4-6-16(15)22(24)25-2/h1,3-12H,23H2,2H3/q+1. The van der Waals surface area contributed by atoms with Crippen molar-refractivity contribution >= 4 is 23.8 Å². The molecular weight excluding hydrogens is 326 g/mol. The number of nitrogens with two attached hydrogens (primary N) is 1. The fourth-order valence-corrected chi connectivity index (χ4v) is 3.20. The lowest BCUT2D eigenvalue weighted by molar-refractivity contribution is 0.0600. The summed E-state index contributed by atoms with van der Waals surface area (Å²) in [6.07, 6.45) is 0. The fraction of sp³-hybridized carbons (Fsp3) is 0.0455. The minimum Gasteiger partial charge on any atom is -0.465 e. The molecule has 1 heterocycles. The maximum Gasteiger partial charge on any atom is 0.338 e. The molecule has 0 fully saturated rings. The topological polar surface area (TPSA) is 61.5 Å². The molecule has 0 unspecified atom stereocenters. The number of benzene rings is 3. The SMILES string of the molecule is [CH+]=c1ccc2c(c1)Oc1cc(N)ccc1C=2c1ccccc1C(=O)OC. The van der Waals surface area contributed by atoms with Crippen molar-refractivity contribution < 1.29 is 14.3 Å². The lowest BCUT2D eigenvalue weighted by Gasteiger charge is -2.21. The van der Waals surface area contributed by atoms with Crippen LogP contribution < -0.4 is 20.9 Å². The van der Waals surface area contributed by atoms with E-state index in [2.05, 4.69) is 0 Å². The first-order chi connectivity index (χ1) is 12.6. The highest BCUT2D eigenvalue weighted by Gasteiger charge is 2.25. The molecule has 3 aromatic carbocycles. The van der Waals surface area contributed by atoms with Gasteiger partial charge in [-0.3, -0.25) is 0 Å². The van der Waals surface area contributed by atoms with Gasteiger partial charge in [-0.15, -0.1) is 0 Å².